The van der Waals surface area contributed by atoms with Crippen LogP contribution in [0.3, 0.4) is 0 Å². The van der Waals surface area contributed by atoms with Crippen LogP contribution in [-0.4, -0.2) is 39.1 Å². The fourth-order valence-corrected chi connectivity index (χ4v) is 2.84. The number of phenolic OH excluding ortho intramolecular Hbond substituents is 1. The van der Waals surface area contributed by atoms with Crippen molar-refractivity contribution >= 4 is 22.8 Å². The summed E-state index contributed by atoms with van der Waals surface area (Å²) >= 11 is 1.60. The molecule has 0 fully saturated rings. The molecule has 1 aliphatic heterocycles. The predicted octanol–water partition coefficient (Wildman–Crippen LogP) is 2.13. The van der Waals surface area contributed by atoms with Gasteiger partial charge in [-0.25, -0.2) is 4.79 Å². The maximum Gasteiger partial charge on any atom is 0.341 e. The Morgan fingerprint density at radius 1 is 1.53 bits per heavy atom. The zero-order valence-electron chi connectivity index (χ0n) is 10.7. The van der Waals surface area contributed by atoms with Crippen molar-refractivity contribution in [1.29, 1.82) is 0 Å². The van der Waals surface area contributed by atoms with E-state index in [1.54, 1.807) is 23.9 Å². The lowest BCUT2D eigenvalue weighted by atomic mass is 10.1. The van der Waals surface area contributed by atoms with Crippen molar-refractivity contribution < 1.29 is 19.7 Å². The molecule has 0 radical (unpaired) electrons. The Morgan fingerprint density at radius 3 is 2.79 bits per heavy atom. The summed E-state index contributed by atoms with van der Waals surface area (Å²) in [5.74, 6) is 0.193. The number of benzene rings is 1. The van der Waals surface area contributed by atoms with Gasteiger partial charge in [-0.3, -0.25) is 4.99 Å². The minimum absolute atomic E-state index is 0.0480. The second-order valence-corrected chi connectivity index (χ2v) is 5.84. The highest BCUT2D eigenvalue weighted by Gasteiger charge is 2.27. The van der Waals surface area contributed by atoms with E-state index in [1.165, 1.54) is 6.07 Å². The molecule has 1 heterocycles. The number of carbonyl (C=O) groups is 1. The molecule has 0 saturated carbocycles. The van der Waals surface area contributed by atoms with Crippen molar-refractivity contribution in [3.05, 3.63) is 23.8 Å². The molecule has 2 N–H and O–H groups in total. The molecule has 0 atom stereocenters. The molecule has 0 spiro atoms. The van der Waals surface area contributed by atoms with E-state index >= 15 is 0 Å². The summed E-state index contributed by atoms with van der Waals surface area (Å²) in [6.45, 7) is 3.64. The lowest BCUT2D eigenvalue weighted by Gasteiger charge is -2.10. The number of rotatable bonds is 4. The van der Waals surface area contributed by atoms with Crippen LogP contribution < -0.4 is 4.74 Å². The zero-order chi connectivity index (χ0) is 14.0. The highest BCUT2D eigenvalue weighted by molar-refractivity contribution is 8.14. The number of aliphatic imine (C=N–C) groups is 1. The van der Waals surface area contributed by atoms with Crippen molar-refractivity contribution in [3.63, 3.8) is 0 Å². The predicted molar refractivity (Wildman–Crippen MR) is 74.3 cm³/mol. The van der Waals surface area contributed by atoms with Gasteiger partial charge in [-0.1, -0.05) is 0 Å². The highest BCUT2D eigenvalue weighted by Crippen LogP contribution is 2.34. The molecule has 1 aromatic carbocycles. The number of thioether (sulfide) groups is 1. The van der Waals surface area contributed by atoms with Crippen molar-refractivity contribution in [2.45, 2.75) is 19.4 Å². The van der Waals surface area contributed by atoms with Crippen LogP contribution in [0.2, 0.25) is 0 Å². The molecule has 19 heavy (non-hydrogen) atoms. The van der Waals surface area contributed by atoms with Gasteiger partial charge in [0.25, 0.3) is 0 Å². The van der Waals surface area contributed by atoms with E-state index < -0.39 is 12.6 Å². The number of nitrogens with zero attached hydrogens (tertiary/aromatic N) is 1. The molecular formula is C13H15NO4S. The molecule has 1 aliphatic rings. The van der Waals surface area contributed by atoms with E-state index in [2.05, 4.69) is 4.99 Å². The van der Waals surface area contributed by atoms with E-state index in [0.29, 0.717) is 11.3 Å². The topological polar surface area (TPSA) is 79.1 Å². The molecule has 102 valence electrons. The fraction of sp³-hybridized carbons (Fsp3) is 0.385. The first kappa shape index (κ1) is 13.7. The maximum atomic E-state index is 10.4. The molecule has 0 aromatic heterocycles. The average molecular weight is 281 g/mol. The van der Waals surface area contributed by atoms with Crippen LogP contribution in [-0.2, 0) is 4.79 Å². The number of ether oxygens (including phenoxy) is 1. The lowest BCUT2D eigenvalue weighted by molar-refractivity contribution is -0.139. The van der Waals surface area contributed by atoms with Crippen molar-refractivity contribution in [2.75, 3.05) is 12.4 Å². The third-order valence-electron chi connectivity index (χ3n) is 2.53. The number of carboxylic acids is 1. The zero-order valence-corrected chi connectivity index (χ0v) is 11.5. The summed E-state index contributed by atoms with van der Waals surface area (Å²) in [4.78, 5) is 14.9. The molecule has 1 aromatic rings. The van der Waals surface area contributed by atoms with Crippen LogP contribution in [0, 0.1) is 0 Å². The van der Waals surface area contributed by atoms with Gasteiger partial charge in [-0.15, -0.1) is 11.8 Å². The standard InChI is InChI=1S/C13H15NO4S/c1-13(2)7-19-12(14-13)9-4-3-8(5-10(9)15)18-6-11(16)17/h3-5,15H,6-7H2,1-2H3,(H,16,17). The molecule has 0 amide bonds. The van der Waals surface area contributed by atoms with Gasteiger partial charge >= 0.3 is 5.97 Å². The second-order valence-electron chi connectivity index (χ2n) is 4.88. The number of carboxylic acid groups (broad SMARTS) is 1. The Morgan fingerprint density at radius 2 is 2.26 bits per heavy atom. The largest absolute Gasteiger partial charge is 0.507 e. The van der Waals surface area contributed by atoms with Gasteiger partial charge in [0.2, 0.25) is 0 Å². The van der Waals surface area contributed by atoms with Crippen LogP contribution in [0.4, 0.5) is 0 Å². The summed E-state index contributed by atoms with van der Waals surface area (Å²) in [5.41, 5.74) is 0.531. The molecule has 0 saturated heterocycles. The number of aromatic hydroxyl groups is 1. The summed E-state index contributed by atoms with van der Waals surface area (Å²) in [5, 5.41) is 19.3. The minimum atomic E-state index is -1.05. The van der Waals surface area contributed by atoms with E-state index in [0.717, 1.165) is 10.8 Å². The van der Waals surface area contributed by atoms with Crippen molar-refractivity contribution in [2.24, 2.45) is 4.99 Å². The number of hydrogen-bond acceptors (Lipinski definition) is 5. The molecule has 2 rings (SSSR count). The van der Waals surface area contributed by atoms with Gasteiger partial charge in [0, 0.05) is 17.4 Å². The first-order valence-corrected chi connectivity index (χ1v) is 6.76. The van der Waals surface area contributed by atoms with E-state index in [-0.39, 0.29) is 11.3 Å². The smallest absolute Gasteiger partial charge is 0.341 e. The lowest BCUT2D eigenvalue weighted by Crippen LogP contribution is -2.15. The first-order chi connectivity index (χ1) is 8.87. The molecule has 0 bridgehead atoms. The van der Waals surface area contributed by atoms with Crippen molar-refractivity contribution in [1.82, 2.24) is 0 Å². The van der Waals surface area contributed by atoms with Crippen LogP contribution in [0.1, 0.15) is 19.4 Å². The Balaban J connectivity index is 2.18. The first-order valence-electron chi connectivity index (χ1n) is 5.78. The summed E-state index contributed by atoms with van der Waals surface area (Å²) in [6, 6.07) is 4.73. The van der Waals surface area contributed by atoms with E-state index in [4.69, 9.17) is 9.84 Å². The summed E-state index contributed by atoms with van der Waals surface area (Å²) in [7, 11) is 0. The Bertz CT molecular complexity index is 539. The molecule has 6 heteroatoms. The average Bonchev–Trinajstić information content (AvgIpc) is 2.67. The van der Waals surface area contributed by atoms with Gasteiger partial charge in [0.05, 0.1) is 5.54 Å². The van der Waals surface area contributed by atoms with Crippen LogP contribution >= 0.6 is 11.8 Å². The monoisotopic (exact) mass is 281 g/mol. The Hall–Kier alpha value is -1.69. The molecule has 0 aliphatic carbocycles. The van der Waals surface area contributed by atoms with Crippen molar-refractivity contribution in [3.8, 4) is 11.5 Å². The Kier molecular flexibility index (Phi) is 3.71. The third kappa shape index (κ3) is 3.41. The SMILES string of the molecule is CC1(C)CSC(c2ccc(OCC(=O)O)cc2O)=N1. The second kappa shape index (κ2) is 5.13. The normalized spacial score (nSPS) is 17.1. The Labute approximate surface area is 115 Å². The minimum Gasteiger partial charge on any atom is -0.507 e. The van der Waals surface area contributed by atoms with Crippen LogP contribution in [0.5, 0.6) is 11.5 Å². The van der Waals surface area contributed by atoms with Crippen LogP contribution in [0.15, 0.2) is 23.2 Å². The quantitative estimate of drug-likeness (QED) is 0.883. The number of aliphatic carboxylic acids is 1. The van der Waals surface area contributed by atoms with Gasteiger partial charge in [0.1, 0.15) is 16.5 Å². The van der Waals surface area contributed by atoms with Gasteiger partial charge in [-0.2, -0.15) is 0 Å². The molecule has 0 unspecified atom stereocenters. The van der Waals surface area contributed by atoms with Gasteiger partial charge < -0.3 is 14.9 Å². The summed E-state index contributed by atoms with van der Waals surface area (Å²) in [6.07, 6.45) is 0. The van der Waals surface area contributed by atoms with Gasteiger partial charge in [-0.05, 0) is 26.0 Å². The van der Waals surface area contributed by atoms with Gasteiger partial charge in [0.15, 0.2) is 6.61 Å². The van der Waals surface area contributed by atoms with Crippen LogP contribution in [0.25, 0.3) is 0 Å². The number of hydrogen-bond donors (Lipinski definition) is 2. The number of phenols is 1. The van der Waals surface area contributed by atoms with E-state index in [9.17, 15) is 9.90 Å². The van der Waals surface area contributed by atoms with E-state index in [1.807, 2.05) is 13.8 Å². The molecule has 5 nitrogen and oxygen atoms in total. The fourth-order valence-electron chi connectivity index (χ4n) is 1.65. The molecular weight excluding hydrogens is 266 g/mol. The summed E-state index contributed by atoms with van der Waals surface area (Å²) < 4.78 is 5.00. The maximum absolute atomic E-state index is 10.4. The third-order valence-corrected chi connectivity index (χ3v) is 3.96. The highest BCUT2D eigenvalue weighted by atomic mass is 32.2.